The van der Waals surface area contributed by atoms with E-state index < -0.39 is 0 Å². The summed E-state index contributed by atoms with van der Waals surface area (Å²) in [6.07, 6.45) is 8.46. The Balaban J connectivity index is 1.60. The Hall–Kier alpha value is -1.82. The third-order valence-corrected chi connectivity index (χ3v) is 5.35. The van der Waals surface area contributed by atoms with E-state index in [0.29, 0.717) is 12.6 Å². The van der Waals surface area contributed by atoms with Crippen molar-refractivity contribution in [3.63, 3.8) is 0 Å². The van der Waals surface area contributed by atoms with Crippen LogP contribution in [0.25, 0.3) is 0 Å². The van der Waals surface area contributed by atoms with Gasteiger partial charge >= 0.3 is 0 Å². The maximum Gasteiger partial charge on any atom is 0.191 e. The molecule has 1 saturated carbocycles. The predicted molar refractivity (Wildman–Crippen MR) is 109 cm³/mol. The average Bonchev–Trinajstić information content (AvgIpc) is 2.68. The van der Waals surface area contributed by atoms with Crippen molar-refractivity contribution in [1.82, 2.24) is 20.5 Å². The highest BCUT2D eigenvalue weighted by molar-refractivity contribution is 5.80. The van der Waals surface area contributed by atoms with Crippen LogP contribution in [0.1, 0.15) is 44.6 Å². The second kappa shape index (κ2) is 9.76. The quantitative estimate of drug-likeness (QED) is 0.624. The SMILES string of the molecule is CCNC(=NCc1ccnc(N2CCN(C)CC2)c1)NC1CCCCC1. The Bertz CT molecular complexity index is 573. The van der Waals surface area contributed by atoms with E-state index in [1.54, 1.807) is 0 Å². The summed E-state index contributed by atoms with van der Waals surface area (Å²) in [6.45, 7) is 7.98. The van der Waals surface area contributed by atoms with Crippen molar-refractivity contribution in [3.8, 4) is 0 Å². The largest absolute Gasteiger partial charge is 0.357 e. The van der Waals surface area contributed by atoms with Crippen molar-refractivity contribution >= 4 is 11.8 Å². The Labute approximate surface area is 158 Å². The van der Waals surface area contributed by atoms with Gasteiger partial charge in [-0.15, -0.1) is 0 Å². The van der Waals surface area contributed by atoms with Gasteiger partial charge in [0.15, 0.2) is 5.96 Å². The number of anilines is 1. The molecule has 0 aromatic carbocycles. The highest BCUT2D eigenvalue weighted by Gasteiger charge is 2.16. The topological polar surface area (TPSA) is 55.8 Å². The highest BCUT2D eigenvalue weighted by Crippen LogP contribution is 2.18. The highest BCUT2D eigenvalue weighted by atomic mass is 15.3. The third kappa shape index (κ3) is 5.59. The van der Waals surface area contributed by atoms with Crippen LogP contribution in [0.4, 0.5) is 5.82 Å². The summed E-state index contributed by atoms with van der Waals surface area (Å²) in [7, 11) is 2.18. The lowest BCUT2D eigenvalue weighted by Gasteiger charge is -2.33. The van der Waals surface area contributed by atoms with Crippen molar-refractivity contribution in [1.29, 1.82) is 0 Å². The normalized spacial score (nSPS) is 20.2. The first-order valence-corrected chi connectivity index (χ1v) is 10.2. The Morgan fingerprint density at radius 3 is 2.69 bits per heavy atom. The zero-order chi connectivity index (χ0) is 18.2. The van der Waals surface area contributed by atoms with Crippen molar-refractivity contribution in [3.05, 3.63) is 23.9 Å². The molecule has 2 heterocycles. The molecule has 26 heavy (non-hydrogen) atoms. The Kier molecular flexibility index (Phi) is 7.12. The minimum atomic E-state index is 0.569. The Morgan fingerprint density at radius 2 is 1.96 bits per heavy atom. The molecule has 3 rings (SSSR count). The summed E-state index contributed by atoms with van der Waals surface area (Å²) in [5, 5.41) is 7.01. The maximum atomic E-state index is 4.82. The van der Waals surface area contributed by atoms with E-state index in [1.165, 1.54) is 37.7 Å². The van der Waals surface area contributed by atoms with Gasteiger partial charge in [0.25, 0.3) is 0 Å². The number of aliphatic imine (C=N–C) groups is 1. The maximum absolute atomic E-state index is 4.82. The summed E-state index contributed by atoms with van der Waals surface area (Å²) < 4.78 is 0. The van der Waals surface area contributed by atoms with Gasteiger partial charge in [-0.1, -0.05) is 19.3 Å². The molecule has 6 nitrogen and oxygen atoms in total. The number of hydrogen-bond donors (Lipinski definition) is 2. The molecule has 0 unspecified atom stereocenters. The molecule has 0 atom stereocenters. The van der Waals surface area contributed by atoms with Gasteiger partial charge in [-0.2, -0.15) is 0 Å². The molecule has 1 aliphatic carbocycles. The first kappa shape index (κ1) is 19.0. The smallest absolute Gasteiger partial charge is 0.191 e. The molecule has 1 saturated heterocycles. The van der Waals surface area contributed by atoms with E-state index >= 15 is 0 Å². The van der Waals surface area contributed by atoms with Gasteiger partial charge in [0, 0.05) is 45.0 Å². The number of hydrogen-bond acceptors (Lipinski definition) is 4. The van der Waals surface area contributed by atoms with E-state index in [2.05, 4.69) is 51.5 Å². The molecule has 0 spiro atoms. The summed E-state index contributed by atoms with van der Waals surface area (Å²) >= 11 is 0. The predicted octanol–water partition coefficient (Wildman–Crippen LogP) is 2.22. The van der Waals surface area contributed by atoms with E-state index in [9.17, 15) is 0 Å². The van der Waals surface area contributed by atoms with Crippen LogP contribution in [-0.2, 0) is 6.54 Å². The number of aromatic nitrogens is 1. The van der Waals surface area contributed by atoms with Crippen molar-refractivity contribution in [2.45, 2.75) is 51.6 Å². The second-order valence-electron chi connectivity index (χ2n) is 7.49. The molecular formula is C20H34N6. The molecule has 1 aliphatic heterocycles. The van der Waals surface area contributed by atoms with E-state index in [0.717, 1.165) is 44.5 Å². The number of rotatable bonds is 5. The minimum absolute atomic E-state index is 0.569. The summed E-state index contributed by atoms with van der Waals surface area (Å²) in [5.74, 6) is 2.02. The standard InChI is InChI=1S/C20H34N6/c1-3-21-20(24-18-7-5-4-6-8-18)23-16-17-9-10-22-19(15-17)26-13-11-25(2)12-14-26/h9-10,15,18H,3-8,11-14,16H2,1-2H3,(H2,21,23,24). The van der Waals surface area contributed by atoms with Crippen molar-refractivity contribution in [2.75, 3.05) is 44.7 Å². The average molecular weight is 359 g/mol. The van der Waals surface area contributed by atoms with Crippen LogP contribution in [0.5, 0.6) is 0 Å². The second-order valence-corrected chi connectivity index (χ2v) is 7.49. The Morgan fingerprint density at radius 1 is 1.19 bits per heavy atom. The lowest BCUT2D eigenvalue weighted by molar-refractivity contribution is 0.312. The molecule has 2 aliphatic rings. The van der Waals surface area contributed by atoms with Gasteiger partial charge in [0.2, 0.25) is 0 Å². The third-order valence-electron chi connectivity index (χ3n) is 5.35. The number of likely N-dealkylation sites (N-methyl/N-ethyl adjacent to an activating group) is 1. The first-order valence-electron chi connectivity index (χ1n) is 10.2. The molecule has 6 heteroatoms. The van der Waals surface area contributed by atoms with Crippen molar-refractivity contribution in [2.24, 2.45) is 4.99 Å². The van der Waals surface area contributed by atoms with Gasteiger partial charge in [-0.3, -0.25) is 0 Å². The molecule has 2 N–H and O–H groups in total. The van der Waals surface area contributed by atoms with Gasteiger partial charge < -0.3 is 20.4 Å². The lowest BCUT2D eigenvalue weighted by Crippen LogP contribution is -2.44. The fourth-order valence-electron chi connectivity index (χ4n) is 3.70. The monoisotopic (exact) mass is 358 g/mol. The van der Waals surface area contributed by atoms with Crippen LogP contribution in [-0.4, -0.2) is 61.7 Å². The van der Waals surface area contributed by atoms with E-state index in [-0.39, 0.29) is 0 Å². The van der Waals surface area contributed by atoms with Gasteiger partial charge in [0.1, 0.15) is 5.82 Å². The fraction of sp³-hybridized carbons (Fsp3) is 0.700. The fourth-order valence-corrected chi connectivity index (χ4v) is 3.70. The van der Waals surface area contributed by atoms with E-state index in [1.807, 2.05) is 6.20 Å². The summed E-state index contributed by atoms with van der Waals surface area (Å²) in [4.78, 5) is 14.1. The zero-order valence-electron chi connectivity index (χ0n) is 16.4. The van der Waals surface area contributed by atoms with Crippen LogP contribution < -0.4 is 15.5 Å². The molecule has 0 amide bonds. The number of piperazine rings is 1. The minimum Gasteiger partial charge on any atom is -0.357 e. The molecule has 0 radical (unpaired) electrons. The number of guanidine groups is 1. The van der Waals surface area contributed by atoms with Gasteiger partial charge in [-0.25, -0.2) is 9.98 Å². The molecule has 2 fully saturated rings. The van der Waals surface area contributed by atoms with Crippen LogP contribution in [0, 0.1) is 0 Å². The number of pyridine rings is 1. The molecular weight excluding hydrogens is 324 g/mol. The van der Waals surface area contributed by atoms with Crippen molar-refractivity contribution < 1.29 is 0 Å². The van der Waals surface area contributed by atoms with Gasteiger partial charge in [0.05, 0.1) is 6.54 Å². The molecule has 1 aromatic heterocycles. The van der Waals surface area contributed by atoms with Crippen LogP contribution in [0.15, 0.2) is 23.3 Å². The number of nitrogens with one attached hydrogen (secondary N) is 2. The van der Waals surface area contributed by atoms with Crippen LogP contribution in [0.2, 0.25) is 0 Å². The van der Waals surface area contributed by atoms with Crippen LogP contribution in [0.3, 0.4) is 0 Å². The molecule has 0 bridgehead atoms. The first-order chi connectivity index (χ1) is 12.7. The van der Waals surface area contributed by atoms with Crippen LogP contribution >= 0.6 is 0 Å². The zero-order valence-corrected chi connectivity index (χ0v) is 16.4. The molecule has 1 aromatic rings. The lowest BCUT2D eigenvalue weighted by atomic mass is 9.96. The molecule has 144 valence electrons. The van der Waals surface area contributed by atoms with E-state index in [4.69, 9.17) is 4.99 Å². The number of nitrogens with zero attached hydrogens (tertiary/aromatic N) is 4. The summed E-state index contributed by atoms with van der Waals surface area (Å²) in [5.41, 5.74) is 1.22. The van der Waals surface area contributed by atoms with Gasteiger partial charge in [-0.05, 0) is 44.5 Å². The summed E-state index contributed by atoms with van der Waals surface area (Å²) in [6, 6.07) is 4.84.